The Hall–Kier alpha value is -1.52. The van der Waals surface area contributed by atoms with Gasteiger partial charge in [-0.3, -0.25) is 0 Å². The van der Waals surface area contributed by atoms with E-state index in [4.69, 9.17) is 16.7 Å². The first-order valence-electron chi connectivity index (χ1n) is 4.66. The van der Waals surface area contributed by atoms with E-state index in [-0.39, 0.29) is 0 Å². The molecule has 0 amide bonds. The van der Waals surface area contributed by atoms with Crippen molar-refractivity contribution in [2.45, 2.75) is 6.10 Å². The van der Waals surface area contributed by atoms with E-state index in [0.717, 1.165) is 10.9 Å². The number of aromatic nitrogens is 1. The molecule has 5 heteroatoms. The summed E-state index contributed by atoms with van der Waals surface area (Å²) in [6.45, 7) is 0. The third kappa shape index (κ3) is 1.66. The number of hydrogen-bond donors (Lipinski definition) is 2. The maximum absolute atomic E-state index is 10.7. The fourth-order valence-electron chi connectivity index (χ4n) is 1.73. The topological polar surface area (TPSA) is 62.5 Å². The van der Waals surface area contributed by atoms with Crippen LogP contribution in [0, 0.1) is 0 Å². The molecule has 0 fully saturated rings. The Balaban J connectivity index is 2.64. The fourth-order valence-corrected chi connectivity index (χ4v) is 1.91. The average molecular weight is 240 g/mol. The number of aliphatic carboxylic acids is 1. The highest BCUT2D eigenvalue weighted by Gasteiger charge is 2.20. The lowest BCUT2D eigenvalue weighted by Crippen LogP contribution is -2.13. The van der Waals surface area contributed by atoms with E-state index in [0.29, 0.717) is 10.7 Å². The van der Waals surface area contributed by atoms with Gasteiger partial charge in [0.05, 0.1) is 5.69 Å². The number of carbonyl (C=O) groups is 1. The van der Waals surface area contributed by atoms with Crippen LogP contribution in [-0.2, 0) is 11.8 Å². The first-order valence-corrected chi connectivity index (χ1v) is 5.04. The standard InChI is InChI=1S/C11H10ClNO3/c1-13-8-3-2-7(12)4-6(8)5-9(13)10(14)11(15)16/h2-5,10,14H,1H3,(H,15,16). The highest BCUT2D eigenvalue weighted by atomic mass is 35.5. The van der Waals surface area contributed by atoms with Crippen LogP contribution in [0.15, 0.2) is 24.3 Å². The monoisotopic (exact) mass is 239 g/mol. The van der Waals surface area contributed by atoms with E-state index < -0.39 is 12.1 Å². The van der Waals surface area contributed by atoms with Crippen LogP contribution in [0.25, 0.3) is 10.9 Å². The first kappa shape index (κ1) is 11.0. The number of benzene rings is 1. The summed E-state index contributed by atoms with van der Waals surface area (Å²) in [5.41, 5.74) is 1.17. The molecule has 2 rings (SSSR count). The molecule has 0 bridgehead atoms. The summed E-state index contributed by atoms with van der Waals surface area (Å²) in [7, 11) is 1.71. The van der Waals surface area contributed by atoms with Crippen LogP contribution in [-0.4, -0.2) is 20.7 Å². The zero-order valence-corrected chi connectivity index (χ0v) is 9.27. The second kappa shape index (κ2) is 3.81. The van der Waals surface area contributed by atoms with Gasteiger partial charge < -0.3 is 14.8 Å². The van der Waals surface area contributed by atoms with Gasteiger partial charge in [0.25, 0.3) is 0 Å². The van der Waals surface area contributed by atoms with Gasteiger partial charge in [0, 0.05) is 23.0 Å². The lowest BCUT2D eigenvalue weighted by molar-refractivity contribution is -0.147. The number of fused-ring (bicyclic) bond motifs is 1. The van der Waals surface area contributed by atoms with Crippen LogP contribution in [0.3, 0.4) is 0 Å². The van der Waals surface area contributed by atoms with Crippen molar-refractivity contribution in [3.05, 3.63) is 35.0 Å². The summed E-state index contributed by atoms with van der Waals surface area (Å²) in [4.78, 5) is 10.7. The van der Waals surface area contributed by atoms with Gasteiger partial charge >= 0.3 is 5.97 Å². The minimum Gasteiger partial charge on any atom is -0.479 e. The molecule has 0 radical (unpaired) electrons. The Labute approximate surface area is 96.7 Å². The van der Waals surface area contributed by atoms with Crippen LogP contribution in [0.5, 0.6) is 0 Å². The quantitative estimate of drug-likeness (QED) is 0.842. The molecule has 0 spiro atoms. The van der Waals surface area contributed by atoms with Gasteiger partial charge in [0.2, 0.25) is 0 Å². The molecule has 0 aliphatic carbocycles. The van der Waals surface area contributed by atoms with Crippen LogP contribution in [0.2, 0.25) is 5.02 Å². The second-order valence-corrected chi connectivity index (χ2v) is 4.01. The predicted octanol–water partition coefficient (Wildman–Crippen LogP) is 1.95. The van der Waals surface area contributed by atoms with Crippen molar-refractivity contribution in [1.29, 1.82) is 0 Å². The second-order valence-electron chi connectivity index (χ2n) is 3.57. The minimum atomic E-state index is -1.52. The summed E-state index contributed by atoms with van der Waals surface area (Å²) in [5, 5.41) is 19.6. The van der Waals surface area contributed by atoms with Crippen LogP contribution >= 0.6 is 11.6 Å². The molecule has 4 nitrogen and oxygen atoms in total. The lowest BCUT2D eigenvalue weighted by Gasteiger charge is -2.07. The number of hydrogen-bond acceptors (Lipinski definition) is 2. The number of carboxylic acid groups (broad SMARTS) is 1. The zero-order valence-electron chi connectivity index (χ0n) is 8.51. The maximum atomic E-state index is 10.7. The van der Waals surface area contributed by atoms with Gasteiger partial charge in [-0.25, -0.2) is 4.79 Å². The molecule has 2 N–H and O–H groups in total. The van der Waals surface area contributed by atoms with Gasteiger partial charge in [-0.1, -0.05) is 11.6 Å². The van der Waals surface area contributed by atoms with Crippen molar-refractivity contribution in [1.82, 2.24) is 4.57 Å². The molecule has 84 valence electrons. The fraction of sp³-hybridized carbons (Fsp3) is 0.182. The predicted molar refractivity (Wildman–Crippen MR) is 60.5 cm³/mol. The molecule has 0 aliphatic rings. The summed E-state index contributed by atoms with van der Waals surface area (Å²) in [5.74, 6) is -1.27. The first-order chi connectivity index (χ1) is 7.50. The number of nitrogens with zero attached hydrogens (tertiary/aromatic N) is 1. The molecule has 1 aromatic heterocycles. The molecule has 1 unspecified atom stereocenters. The highest BCUT2D eigenvalue weighted by molar-refractivity contribution is 6.31. The van der Waals surface area contributed by atoms with Crippen LogP contribution in [0.4, 0.5) is 0 Å². The van der Waals surface area contributed by atoms with E-state index in [1.807, 2.05) is 0 Å². The Bertz CT molecular complexity index is 562. The van der Waals surface area contributed by atoms with Gasteiger partial charge in [-0.15, -0.1) is 0 Å². The van der Waals surface area contributed by atoms with E-state index >= 15 is 0 Å². The third-order valence-electron chi connectivity index (χ3n) is 2.56. The van der Waals surface area contributed by atoms with E-state index in [2.05, 4.69) is 0 Å². The van der Waals surface area contributed by atoms with Gasteiger partial charge in [-0.2, -0.15) is 0 Å². The van der Waals surface area contributed by atoms with Crippen molar-refractivity contribution in [3.63, 3.8) is 0 Å². The molecule has 16 heavy (non-hydrogen) atoms. The Kier molecular flexibility index (Phi) is 2.61. The molecule has 1 aromatic carbocycles. The van der Waals surface area contributed by atoms with Crippen LogP contribution in [0.1, 0.15) is 11.8 Å². The van der Waals surface area contributed by atoms with Gasteiger partial charge in [0.15, 0.2) is 6.10 Å². The number of carboxylic acids is 1. The van der Waals surface area contributed by atoms with E-state index in [1.165, 1.54) is 0 Å². The highest BCUT2D eigenvalue weighted by Crippen LogP contribution is 2.25. The smallest absolute Gasteiger partial charge is 0.338 e. The van der Waals surface area contributed by atoms with E-state index in [1.54, 1.807) is 35.9 Å². The third-order valence-corrected chi connectivity index (χ3v) is 2.79. The summed E-state index contributed by atoms with van der Waals surface area (Å²) >= 11 is 5.83. The summed E-state index contributed by atoms with van der Waals surface area (Å²) in [6.07, 6.45) is -1.52. The van der Waals surface area contributed by atoms with Crippen LogP contribution < -0.4 is 0 Å². The summed E-state index contributed by atoms with van der Waals surface area (Å²) < 4.78 is 1.64. The molecule has 0 saturated carbocycles. The zero-order chi connectivity index (χ0) is 11.9. The number of rotatable bonds is 2. The van der Waals surface area contributed by atoms with Crippen molar-refractivity contribution >= 4 is 28.5 Å². The average Bonchev–Trinajstić information content (AvgIpc) is 2.54. The number of halogens is 1. The molecule has 0 saturated heterocycles. The van der Waals surface area contributed by atoms with Gasteiger partial charge in [-0.05, 0) is 24.3 Å². The number of aliphatic hydroxyl groups excluding tert-OH is 1. The molecular formula is C11H10ClNO3. The number of aryl methyl sites for hydroxylation is 1. The summed E-state index contributed by atoms with van der Waals surface area (Å²) in [6, 6.07) is 6.87. The molecule has 0 aliphatic heterocycles. The Morgan fingerprint density at radius 1 is 1.44 bits per heavy atom. The Morgan fingerprint density at radius 2 is 2.12 bits per heavy atom. The molecule has 2 aromatic rings. The lowest BCUT2D eigenvalue weighted by atomic mass is 10.2. The molecule has 1 atom stereocenters. The van der Waals surface area contributed by atoms with Gasteiger partial charge in [0.1, 0.15) is 0 Å². The van der Waals surface area contributed by atoms with Crippen molar-refractivity contribution in [2.75, 3.05) is 0 Å². The van der Waals surface area contributed by atoms with Crippen molar-refractivity contribution < 1.29 is 15.0 Å². The Morgan fingerprint density at radius 3 is 2.75 bits per heavy atom. The number of aliphatic hydroxyl groups is 1. The van der Waals surface area contributed by atoms with Crippen molar-refractivity contribution in [2.24, 2.45) is 7.05 Å². The molecular weight excluding hydrogens is 230 g/mol. The van der Waals surface area contributed by atoms with E-state index in [9.17, 15) is 9.90 Å². The maximum Gasteiger partial charge on any atom is 0.338 e. The molecule has 1 heterocycles. The van der Waals surface area contributed by atoms with Crippen molar-refractivity contribution in [3.8, 4) is 0 Å². The largest absolute Gasteiger partial charge is 0.479 e. The SMILES string of the molecule is Cn1c(C(O)C(=O)O)cc2cc(Cl)ccc21. The minimum absolute atomic E-state index is 0.338. The normalized spacial score (nSPS) is 12.9.